The quantitative estimate of drug-likeness (QED) is 0.839. The molecule has 19 heavy (non-hydrogen) atoms. The lowest BCUT2D eigenvalue weighted by Crippen LogP contribution is -2.08. The molecule has 0 fully saturated rings. The van der Waals surface area contributed by atoms with Crippen molar-refractivity contribution in [1.82, 2.24) is 0 Å². The third-order valence-electron chi connectivity index (χ3n) is 2.42. The zero-order valence-corrected chi connectivity index (χ0v) is 10.7. The first-order valence-electron chi connectivity index (χ1n) is 5.64. The average Bonchev–Trinajstić information content (AvgIpc) is 2.41. The van der Waals surface area contributed by atoms with Crippen LogP contribution < -0.4 is 5.32 Å². The molecule has 2 aromatic rings. The molecule has 1 N–H and O–H groups in total. The van der Waals surface area contributed by atoms with Crippen LogP contribution in [-0.4, -0.2) is 5.91 Å². The van der Waals surface area contributed by atoms with Gasteiger partial charge in [-0.25, -0.2) is 4.39 Å². The molecule has 0 atom stereocenters. The fraction of sp³-hybridized carbons (Fsp3) is 0. The van der Waals surface area contributed by atoms with E-state index < -0.39 is 5.82 Å². The van der Waals surface area contributed by atoms with E-state index in [0.717, 1.165) is 11.6 Å². The molecule has 96 valence electrons. The molecule has 0 aliphatic carbocycles. The molecule has 0 aliphatic heterocycles. The van der Waals surface area contributed by atoms with Crippen molar-refractivity contribution in [1.29, 1.82) is 0 Å². The first kappa shape index (κ1) is 13.3. The van der Waals surface area contributed by atoms with E-state index in [1.807, 2.05) is 30.3 Å². The van der Waals surface area contributed by atoms with E-state index in [2.05, 4.69) is 5.32 Å². The third kappa shape index (κ3) is 3.93. The minimum atomic E-state index is -0.442. The Bertz CT molecular complexity index is 611. The summed E-state index contributed by atoms with van der Waals surface area (Å²) in [6.07, 6.45) is 3.09. The van der Waals surface area contributed by atoms with Gasteiger partial charge in [0.05, 0.1) is 10.7 Å². The molecule has 0 unspecified atom stereocenters. The Morgan fingerprint density at radius 1 is 1.16 bits per heavy atom. The lowest BCUT2D eigenvalue weighted by Gasteiger charge is -2.04. The number of hydrogen-bond donors (Lipinski definition) is 1. The molecule has 4 heteroatoms. The Labute approximate surface area is 115 Å². The number of halogens is 2. The van der Waals surface area contributed by atoms with Gasteiger partial charge in [-0.2, -0.15) is 0 Å². The molecule has 0 bridgehead atoms. The average molecular weight is 276 g/mol. The minimum absolute atomic E-state index is 0.168. The molecule has 1 amide bonds. The number of rotatable bonds is 3. The van der Waals surface area contributed by atoms with E-state index in [9.17, 15) is 9.18 Å². The second kappa shape index (κ2) is 6.16. The number of amides is 1. The predicted molar refractivity (Wildman–Crippen MR) is 75.5 cm³/mol. The van der Waals surface area contributed by atoms with Crippen LogP contribution in [0.15, 0.2) is 54.6 Å². The van der Waals surface area contributed by atoms with Crippen molar-refractivity contribution in [2.75, 3.05) is 5.32 Å². The van der Waals surface area contributed by atoms with Crippen LogP contribution in [0.4, 0.5) is 10.1 Å². The summed E-state index contributed by atoms with van der Waals surface area (Å²) in [5.74, 6) is -0.764. The summed E-state index contributed by atoms with van der Waals surface area (Å²) in [6.45, 7) is 0. The summed E-state index contributed by atoms with van der Waals surface area (Å²) >= 11 is 5.81. The Morgan fingerprint density at radius 3 is 2.58 bits per heavy atom. The van der Waals surface area contributed by atoms with Gasteiger partial charge in [0.2, 0.25) is 5.91 Å². The van der Waals surface area contributed by atoms with Crippen molar-refractivity contribution in [3.8, 4) is 0 Å². The Hall–Kier alpha value is -2.13. The van der Waals surface area contributed by atoms with Crippen LogP contribution in [0.3, 0.4) is 0 Å². The highest BCUT2D eigenvalue weighted by atomic mass is 35.5. The summed E-state index contributed by atoms with van der Waals surface area (Å²) < 4.78 is 12.8. The van der Waals surface area contributed by atoms with Crippen LogP contribution in [-0.2, 0) is 4.79 Å². The van der Waals surface area contributed by atoms with Gasteiger partial charge in [0.15, 0.2) is 0 Å². The zero-order valence-electron chi connectivity index (χ0n) is 9.94. The Kier molecular flexibility index (Phi) is 4.31. The lowest BCUT2D eigenvalue weighted by atomic mass is 10.2. The first-order valence-corrected chi connectivity index (χ1v) is 6.02. The zero-order chi connectivity index (χ0) is 13.7. The summed E-state index contributed by atoms with van der Waals surface area (Å²) in [5.41, 5.74) is 1.30. The molecule has 2 nitrogen and oxygen atoms in total. The normalized spacial score (nSPS) is 10.6. The second-order valence-electron chi connectivity index (χ2n) is 3.86. The van der Waals surface area contributed by atoms with E-state index in [0.29, 0.717) is 5.69 Å². The molecule has 0 aliphatic rings. The molecule has 0 spiro atoms. The summed E-state index contributed by atoms with van der Waals surface area (Å²) in [5, 5.41) is 2.75. The van der Waals surface area contributed by atoms with Crippen molar-refractivity contribution in [3.05, 3.63) is 71.0 Å². The molecule has 0 heterocycles. The van der Waals surface area contributed by atoms with Gasteiger partial charge in [-0.15, -0.1) is 0 Å². The number of nitrogens with one attached hydrogen (secondary N) is 1. The molecule has 0 aromatic heterocycles. The maximum absolute atomic E-state index is 12.8. The van der Waals surface area contributed by atoms with Crippen molar-refractivity contribution in [2.24, 2.45) is 0 Å². The standard InChI is InChI=1S/C15H11ClFNO/c16-13-10-12(17)7-8-14(13)18-15(19)9-6-11-4-2-1-3-5-11/h1-10H,(H,18,19)/b9-6+. The number of carbonyl (C=O) groups is 1. The van der Waals surface area contributed by atoms with Crippen LogP contribution in [0.2, 0.25) is 5.02 Å². The second-order valence-corrected chi connectivity index (χ2v) is 4.26. The van der Waals surface area contributed by atoms with E-state index >= 15 is 0 Å². The summed E-state index contributed by atoms with van der Waals surface area (Å²) in [6, 6.07) is 13.2. The highest BCUT2D eigenvalue weighted by molar-refractivity contribution is 6.33. The number of carbonyl (C=O) groups excluding carboxylic acids is 1. The van der Waals surface area contributed by atoms with Crippen molar-refractivity contribution in [3.63, 3.8) is 0 Å². The monoisotopic (exact) mass is 275 g/mol. The molecule has 2 aromatic carbocycles. The maximum Gasteiger partial charge on any atom is 0.248 e. The molecule has 0 saturated carbocycles. The van der Waals surface area contributed by atoms with Gasteiger partial charge in [-0.05, 0) is 29.8 Å². The number of anilines is 1. The van der Waals surface area contributed by atoms with Crippen molar-refractivity contribution in [2.45, 2.75) is 0 Å². The lowest BCUT2D eigenvalue weighted by molar-refractivity contribution is -0.111. The van der Waals surface area contributed by atoms with Gasteiger partial charge in [0, 0.05) is 6.08 Å². The smallest absolute Gasteiger partial charge is 0.248 e. The fourth-order valence-corrected chi connectivity index (χ4v) is 1.72. The molecule has 2 rings (SSSR count). The number of benzene rings is 2. The highest BCUT2D eigenvalue weighted by Crippen LogP contribution is 2.22. The maximum atomic E-state index is 12.8. The van der Waals surface area contributed by atoms with Crippen LogP contribution >= 0.6 is 11.6 Å². The molecule has 0 saturated heterocycles. The third-order valence-corrected chi connectivity index (χ3v) is 2.73. The predicted octanol–water partition coefficient (Wildman–Crippen LogP) is 4.13. The number of hydrogen-bond acceptors (Lipinski definition) is 1. The van der Waals surface area contributed by atoms with Gasteiger partial charge >= 0.3 is 0 Å². The SMILES string of the molecule is O=C(/C=C/c1ccccc1)Nc1ccc(F)cc1Cl. The van der Waals surface area contributed by atoms with Crippen LogP contribution in [0.5, 0.6) is 0 Å². The minimum Gasteiger partial charge on any atom is -0.321 e. The largest absolute Gasteiger partial charge is 0.321 e. The van der Waals surface area contributed by atoms with Gasteiger partial charge in [0.25, 0.3) is 0 Å². The van der Waals surface area contributed by atoms with Gasteiger partial charge in [0.1, 0.15) is 5.82 Å². The Balaban J connectivity index is 2.04. The van der Waals surface area contributed by atoms with Gasteiger partial charge in [-0.3, -0.25) is 4.79 Å². The molecular formula is C15H11ClFNO. The summed E-state index contributed by atoms with van der Waals surface area (Å²) in [7, 11) is 0. The molecule has 0 radical (unpaired) electrons. The van der Waals surface area contributed by atoms with Crippen LogP contribution in [0.1, 0.15) is 5.56 Å². The Morgan fingerprint density at radius 2 is 1.89 bits per heavy atom. The van der Waals surface area contributed by atoms with Crippen molar-refractivity contribution < 1.29 is 9.18 Å². The van der Waals surface area contributed by atoms with Crippen LogP contribution in [0, 0.1) is 5.82 Å². The van der Waals surface area contributed by atoms with E-state index in [-0.39, 0.29) is 10.9 Å². The van der Waals surface area contributed by atoms with Crippen molar-refractivity contribution >= 4 is 29.3 Å². The fourth-order valence-electron chi connectivity index (χ4n) is 1.50. The van der Waals surface area contributed by atoms with E-state index in [1.54, 1.807) is 6.08 Å². The van der Waals surface area contributed by atoms with E-state index in [4.69, 9.17) is 11.6 Å². The molecular weight excluding hydrogens is 265 g/mol. The van der Waals surface area contributed by atoms with Gasteiger partial charge < -0.3 is 5.32 Å². The topological polar surface area (TPSA) is 29.1 Å². The highest BCUT2D eigenvalue weighted by Gasteiger charge is 2.04. The van der Waals surface area contributed by atoms with E-state index in [1.165, 1.54) is 18.2 Å². The van der Waals surface area contributed by atoms with Gasteiger partial charge in [-0.1, -0.05) is 41.9 Å². The first-order chi connectivity index (χ1) is 9.15. The van der Waals surface area contributed by atoms with Crippen LogP contribution in [0.25, 0.3) is 6.08 Å². The summed E-state index contributed by atoms with van der Waals surface area (Å²) in [4.78, 5) is 11.7.